The van der Waals surface area contributed by atoms with Gasteiger partial charge < -0.3 is 9.84 Å². The van der Waals surface area contributed by atoms with Crippen LogP contribution in [0.1, 0.15) is 24.4 Å². The Kier molecular flexibility index (Phi) is 5.59. The molecule has 4 aromatic rings. The summed E-state index contributed by atoms with van der Waals surface area (Å²) in [4.78, 5) is 19.1. The van der Waals surface area contributed by atoms with Crippen molar-refractivity contribution in [3.8, 4) is 11.4 Å². The largest absolute Gasteiger partial charge is 0.334 e. The van der Waals surface area contributed by atoms with Crippen LogP contribution >= 0.6 is 11.6 Å². The van der Waals surface area contributed by atoms with E-state index in [1.54, 1.807) is 37.3 Å². The van der Waals surface area contributed by atoms with E-state index < -0.39 is 17.9 Å². The third kappa shape index (κ3) is 4.04. The van der Waals surface area contributed by atoms with Crippen LogP contribution in [0.3, 0.4) is 0 Å². The Balaban J connectivity index is 1.65. The minimum absolute atomic E-state index is 0.175. The number of benzene rings is 3. The van der Waals surface area contributed by atoms with Crippen molar-refractivity contribution in [2.75, 3.05) is 4.90 Å². The zero-order valence-corrected chi connectivity index (χ0v) is 18.6. The first kappa shape index (κ1) is 21.8. The molecule has 1 aliphatic heterocycles. The molecule has 1 aromatic heterocycles. The van der Waals surface area contributed by atoms with Gasteiger partial charge in [0.1, 0.15) is 11.6 Å². The quantitative estimate of drug-likeness (QED) is 0.370. The van der Waals surface area contributed by atoms with Gasteiger partial charge in [-0.1, -0.05) is 28.9 Å². The second-order valence-electron chi connectivity index (χ2n) is 7.68. The molecule has 3 aromatic carbocycles. The van der Waals surface area contributed by atoms with Crippen LogP contribution in [0.15, 0.2) is 83.0 Å². The highest BCUT2D eigenvalue weighted by Gasteiger charge is 2.36. The number of anilines is 1. The predicted octanol–water partition coefficient (Wildman–Crippen LogP) is 6.37. The summed E-state index contributed by atoms with van der Waals surface area (Å²) in [5.41, 5.74) is 2.83. The van der Waals surface area contributed by atoms with Crippen molar-refractivity contribution in [1.29, 1.82) is 0 Å². The summed E-state index contributed by atoms with van der Waals surface area (Å²) in [6, 6.07) is 17.3. The van der Waals surface area contributed by atoms with E-state index in [0.29, 0.717) is 27.5 Å². The Bertz CT molecular complexity index is 1400. The van der Waals surface area contributed by atoms with E-state index in [9.17, 15) is 13.6 Å². The lowest BCUT2D eigenvalue weighted by molar-refractivity contribution is 0.244. The average molecular weight is 479 g/mol. The van der Waals surface area contributed by atoms with Crippen molar-refractivity contribution in [2.24, 2.45) is 0 Å². The molecule has 1 unspecified atom stereocenters. The molecule has 1 N–H and O–H groups in total. The normalized spacial score (nSPS) is 16.1. The molecular weight excluding hydrogens is 462 g/mol. The van der Waals surface area contributed by atoms with Crippen LogP contribution in [-0.4, -0.2) is 16.2 Å². The first-order valence-electron chi connectivity index (χ1n) is 10.3. The summed E-state index contributed by atoms with van der Waals surface area (Å²) in [7, 11) is 0. The van der Waals surface area contributed by atoms with Crippen LogP contribution in [0.2, 0.25) is 5.02 Å². The average Bonchev–Trinajstić information content (AvgIpc) is 3.30. The number of nitrogens with zero attached hydrogens (tertiary/aromatic N) is 3. The fourth-order valence-corrected chi connectivity index (χ4v) is 4.11. The third-order valence-corrected chi connectivity index (χ3v) is 5.75. The maximum atomic E-state index is 13.5. The lowest BCUT2D eigenvalue weighted by atomic mass is 9.94. The van der Waals surface area contributed by atoms with Gasteiger partial charge in [-0.25, -0.2) is 13.6 Å². The molecule has 0 spiro atoms. The number of aromatic nitrogens is 2. The van der Waals surface area contributed by atoms with Crippen molar-refractivity contribution in [3.05, 3.63) is 107 Å². The highest BCUT2D eigenvalue weighted by Crippen LogP contribution is 2.39. The van der Waals surface area contributed by atoms with Crippen LogP contribution in [-0.2, 0) is 0 Å². The van der Waals surface area contributed by atoms with Gasteiger partial charge in [0.25, 0.3) is 5.89 Å². The molecule has 1 aliphatic rings. The Hall–Kier alpha value is -4.04. The molecular formula is C25H17ClF2N4O2. The summed E-state index contributed by atoms with van der Waals surface area (Å²) >= 11 is 6.21. The Morgan fingerprint density at radius 3 is 2.35 bits per heavy atom. The summed E-state index contributed by atoms with van der Waals surface area (Å²) in [5, 5.41) is 7.51. The molecule has 0 bridgehead atoms. The molecule has 2 amide bonds. The molecule has 0 aliphatic carbocycles. The van der Waals surface area contributed by atoms with Crippen LogP contribution in [0, 0.1) is 11.6 Å². The highest BCUT2D eigenvalue weighted by atomic mass is 35.5. The topological polar surface area (TPSA) is 71.3 Å². The first-order valence-corrected chi connectivity index (χ1v) is 10.7. The van der Waals surface area contributed by atoms with Gasteiger partial charge in [-0.2, -0.15) is 4.98 Å². The number of halogens is 3. The number of allylic oxidation sites excluding steroid dienone is 1. The predicted molar refractivity (Wildman–Crippen MR) is 124 cm³/mol. The van der Waals surface area contributed by atoms with E-state index in [4.69, 9.17) is 16.1 Å². The number of nitrogens with one attached hydrogen (secondary N) is 1. The summed E-state index contributed by atoms with van der Waals surface area (Å²) in [6.07, 6.45) is 0. The van der Waals surface area contributed by atoms with Gasteiger partial charge in [-0.3, -0.25) is 4.90 Å². The highest BCUT2D eigenvalue weighted by molar-refractivity contribution is 6.30. The standard InChI is InChI=1S/C25H17ClF2N4O2/c1-14-21(24-30-23(31-34-24)15-5-7-18(27)8-6-15)22(16-3-2-4-17(26)13-16)29-25(33)32(14)20-11-9-19(28)10-12-20/h2-13,22H,1H3,(H,29,33). The molecule has 0 fully saturated rings. The minimum atomic E-state index is -0.635. The van der Waals surface area contributed by atoms with Crippen LogP contribution < -0.4 is 10.2 Å². The van der Waals surface area contributed by atoms with Crippen LogP contribution in [0.4, 0.5) is 19.3 Å². The number of hydrogen-bond acceptors (Lipinski definition) is 4. The summed E-state index contributed by atoms with van der Waals surface area (Å²) < 4.78 is 32.4. The van der Waals surface area contributed by atoms with Crippen LogP contribution in [0.25, 0.3) is 17.0 Å². The van der Waals surface area contributed by atoms with Gasteiger partial charge in [0.2, 0.25) is 5.82 Å². The van der Waals surface area contributed by atoms with Gasteiger partial charge >= 0.3 is 6.03 Å². The van der Waals surface area contributed by atoms with Crippen molar-refractivity contribution in [1.82, 2.24) is 15.5 Å². The molecule has 170 valence electrons. The van der Waals surface area contributed by atoms with E-state index in [2.05, 4.69) is 15.5 Å². The fourth-order valence-electron chi connectivity index (χ4n) is 3.91. The number of carbonyl (C=O) groups is 1. The van der Waals surface area contributed by atoms with Crippen molar-refractivity contribution in [2.45, 2.75) is 13.0 Å². The van der Waals surface area contributed by atoms with E-state index in [1.807, 2.05) is 6.07 Å². The molecule has 1 atom stereocenters. The molecule has 6 nitrogen and oxygen atoms in total. The summed E-state index contributed by atoms with van der Waals surface area (Å²) in [5.74, 6) is -0.350. The lowest BCUT2D eigenvalue weighted by Gasteiger charge is -2.35. The lowest BCUT2D eigenvalue weighted by Crippen LogP contribution is -2.46. The fraction of sp³-hybridized carbons (Fsp3) is 0.0800. The van der Waals surface area contributed by atoms with Crippen molar-refractivity contribution >= 4 is 28.9 Å². The van der Waals surface area contributed by atoms with Gasteiger partial charge in [0.15, 0.2) is 0 Å². The molecule has 0 saturated carbocycles. The zero-order chi connectivity index (χ0) is 23.8. The molecule has 2 heterocycles. The molecule has 9 heteroatoms. The monoisotopic (exact) mass is 478 g/mol. The third-order valence-electron chi connectivity index (χ3n) is 5.51. The number of amides is 2. The molecule has 0 saturated heterocycles. The maximum Gasteiger partial charge on any atom is 0.326 e. The SMILES string of the molecule is CC1=C(c2nc(-c3ccc(F)cc3)no2)C(c2cccc(Cl)c2)NC(=O)N1c1ccc(F)cc1. The van der Waals surface area contributed by atoms with Crippen molar-refractivity contribution in [3.63, 3.8) is 0 Å². The second-order valence-corrected chi connectivity index (χ2v) is 8.11. The molecule has 0 radical (unpaired) electrons. The number of rotatable bonds is 4. The number of hydrogen-bond donors (Lipinski definition) is 1. The Labute approximate surface area is 198 Å². The van der Waals surface area contributed by atoms with E-state index in [0.717, 1.165) is 5.56 Å². The van der Waals surface area contributed by atoms with Gasteiger partial charge in [-0.05, 0) is 73.2 Å². The van der Waals surface area contributed by atoms with Gasteiger partial charge in [0.05, 0.1) is 17.3 Å². The van der Waals surface area contributed by atoms with E-state index >= 15 is 0 Å². The summed E-state index contributed by atoms with van der Waals surface area (Å²) in [6.45, 7) is 1.75. The second kappa shape index (κ2) is 8.72. The molecule has 34 heavy (non-hydrogen) atoms. The van der Waals surface area contributed by atoms with Gasteiger partial charge in [-0.15, -0.1) is 0 Å². The van der Waals surface area contributed by atoms with Gasteiger partial charge in [0, 0.05) is 16.3 Å². The Morgan fingerprint density at radius 1 is 1.00 bits per heavy atom. The Morgan fingerprint density at radius 2 is 1.68 bits per heavy atom. The molecule has 5 rings (SSSR count). The number of carbonyl (C=O) groups excluding carboxylic acids is 1. The van der Waals surface area contributed by atoms with Crippen molar-refractivity contribution < 1.29 is 18.1 Å². The van der Waals surface area contributed by atoms with E-state index in [-0.39, 0.29) is 17.5 Å². The smallest absolute Gasteiger partial charge is 0.326 e. The number of urea groups is 1. The minimum Gasteiger partial charge on any atom is -0.334 e. The first-order chi connectivity index (χ1) is 16.4. The maximum absolute atomic E-state index is 13.5. The zero-order valence-electron chi connectivity index (χ0n) is 17.8. The van der Waals surface area contributed by atoms with E-state index in [1.165, 1.54) is 41.3 Å². The van der Waals surface area contributed by atoms with Crippen LogP contribution in [0.5, 0.6) is 0 Å².